The number of carbonyl (C=O) groups is 1. The largest absolute Gasteiger partial charge is 0.465 e. The zero-order valence-corrected chi connectivity index (χ0v) is 15.3. The summed E-state index contributed by atoms with van der Waals surface area (Å²) in [5.41, 5.74) is 4.51. The number of likely N-dealkylation sites (N-methyl/N-ethyl adjacent to an activating group) is 1. The molecule has 0 saturated carbocycles. The molecule has 3 rings (SSSR count). The lowest BCUT2D eigenvalue weighted by Gasteiger charge is -2.11. The second-order valence-corrected chi connectivity index (χ2v) is 6.70. The van der Waals surface area contributed by atoms with Crippen LogP contribution in [0.5, 0.6) is 0 Å². The van der Waals surface area contributed by atoms with E-state index >= 15 is 0 Å². The molecule has 26 heavy (non-hydrogen) atoms. The van der Waals surface area contributed by atoms with Crippen molar-refractivity contribution in [3.05, 3.63) is 64.9 Å². The van der Waals surface area contributed by atoms with E-state index in [9.17, 15) is 9.18 Å². The Morgan fingerprint density at radius 3 is 2.77 bits per heavy atom. The van der Waals surface area contributed by atoms with Gasteiger partial charge in [0.2, 0.25) is 5.91 Å². The normalized spacial score (nSPS) is 15.0. The Kier molecular flexibility index (Phi) is 5.38. The summed E-state index contributed by atoms with van der Waals surface area (Å²) in [5.74, 6) is 0.364. The van der Waals surface area contributed by atoms with Gasteiger partial charge in [0.1, 0.15) is 11.6 Å². The van der Waals surface area contributed by atoms with Crippen LogP contribution in [0.4, 0.5) is 4.39 Å². The number of hydrogen-bond acceptors (Lipinski definition) is 3. The highest BCUT2D eigenvalue weighted by atomic mass is 19.1. The van der Waals surface area contributed by atoms with Crippen molar-refractivity contribution in [2.24, 2.45) is 0 Å². The number of rotatable bonds is 6. The van der Waals surface area contributed by atoms with Crippen LogP contribution in [-0.4, -0.2) is 38.0 Å². The van der Waals surface area contributed by atoms with E-state index in [1.807, 2.05) is 44.1 Å². The van der Waals surface area contributed by atoms with Crippen LogP contribution in [-0.2, 0) is 4.79 Å². The summed E-state index contributed by atoms with van der Waals surface area (Å²) < 4.78 is 19.2. The second-order valence-electron chi connectivity index (χ2n) is 6.70. The van der Waals surface area contributed by atoms with E-state index in [1.54, 1.807) is 12.3 Å². The Morgan fingerprint density at radius 1 is 1.27 bits per heavy atom. The summed E-state index contributed by atoms with van der Waals surface area (Å²) in [4.78, 5) is 14.4. The minimum atomic E-state index is -0.304. The number of fused-ring (bicyclic) bond motifs is 1. The number of nitrogens with zero attached hydrogens (tertiary/aromatic N) is 1. The van der Waals surface area contributed by atoms with Crippen LogP contribution in [0.25, 0.3) is 17.2 Å². The first-order valence-corrected chi connectivity index (χ1v) is 8.62. The van der Waals surface area contributed by atoms with Crippen molar-refractivity contribution >= 4 is 23.1 Å². The van der Waals surface area contributed by atoms with Gasteiger partial charge in [0, 0.05) is 13.1 Å². The van der Waals surface area contributed by atoms with Crippen LogP contribution in [0.15, 0.2) is 46.6 Å². The van der Waals surface area contributed by atoms with E-state index in [1.165, 1.54) is 12.1 Å². The average Bonchev–Trinajstić information content (AvgIpc) is 3.17. The Bertz CT molecular complexity index is 864. The summed E-state index contributed by atoms with van der Waals surface area (Å²) in [6.45, 7) is 3.33. The lowest BCUT2D eigenvalue weighted by Crippen LogP contribution is -2.31. The molecule has 0 aliphatic heterocycles. The summed E-state index contributed by atoms with van der Waals surface area (Å²) in [5, 5.41) is 2.92. The smallest absolute Gasteiger partial charge is 0.224 e. The highest BCUT2D eigenvalue weighted by molar-refractivity contribution is 6.07. The molecule has 136 valence electrons. The quantitative estimate of drug-likeness (QED) is 0.858. The monoisotopic (exact) mass is 354 g/mol. The number of amides is 1. The molecule has 1 amide bonds. The van der Waals surface area contributed by atoms with E-state index in [2.05, 4.69) is 5.32 Å². The molecule has 1 aromatic heterocycles. The van der Waals surface area contributed by atoms with Gasteiger partial charge in [-0.2, -0.15) is 0 Å². The molecule has 0 fully saturated rings. The molecule has 0 radical (unpaired) electrons. The number of allylic oxidation sites excluding steroid dienone is 2. The van der Waals surface area contributed by atoms with Gasteiger partial charge in [0.05, 0.1) is 12.7 Å². The second kappa shape index (κ2) is 7.70. The number of carbonyl (C=O) groups excluding carboxylic acids is 1. The van der Waals surface area contributed by atoms with Gasteiger partial charge >= 0.3 is 0 Å². The molecule has 2 aromatic rings. The fraction of sp³-hybridized carbons (Fsp3) is 0.286. The first-order valence-electron chi connectivity index (χ1n) is 8.62. The Morgan fingerprint density at radius 2 is 2.08 bits per heavy atom. The predicted molar refractivity (Wildman–Crippen MR) is 102 cm³/mol. The maximum absolute atomic E-state index is 13.8. The number of nitrogens with one attached hydrogen (secondary N) is 1. The molecule has 0 bridgehead atoms. The summed E-state index contributed by atoms with van der Waals surface area (Å²) in [6, 6.07) is 8.41. The van der Waals surface area contributed by atoms with Crippen LogP contribution >= 0.6 is 0 Å². The molecule has 1 aromatic carbocycles. The number of halogens is 1. The number of hydrogen-bond donors (Lipinski definition) is 1. The van der Waals surface area contributed by atoms with E-state index in [-0.39, 0.29) is 18.1 Å². The van der Waals surface area contributed by atoms with Crippen LogP contribution in [0.3, 0.4) is 0 Å². The van der Waals surface area contributed by atoms with Crippen LogP contribution < -0.4 is 5.32 Å². The highest BCUT2D eigenvalue weighted by Gasteiger charge is 2.25. The summed E-state index contributed by atoms with van der Waals surface area (Å²) in [7, 11) is 3.92. The number of furan rings is 1. The van der Waals surface area contributed by atoms with E-state index < -0.39 is 0 Å². The highest BCUT2D eigenvalue weighted by Crippen LogP contribution is 2.43. The maximum atomic E-state index is 13.8. The van der Waals surface area contributed by atoms with Crippen LogP contribution in [0.2, 0.25) is 0 Å². The van der Waals surface area contributed by atoms with Gasteiger partial charge in [-0.05, 0) is 79.2 Å². The minimum Gasteiger partial charge on any atom is -0.465 e. The molecular formula is C21H23FN2O2. The molecular weight excluding hydrogens is 331 g/mol. The Hall–Kier alpha value is -2.66. The average molecular weight is 354 g/mol. The minimum absolute atomic E-state index is 0.0596. The fourth-order valence-electron chi connectivity index (χ4n) is 3.14. The third kappa shape index (κ3) is 3.94. The van der Waals surface area contributed by atoms with Gasteiger partial charge in [0.25, 0.3) is 0 Å². The molecule has 0 saturated heterocycles. The van der Waals surface area contributed by atoms with Crippen LogP contribution in [0, 0.1) is 5.82 Å². The number of benzene rings is 1. The third-order valence-corrected chi connectivity index (χ3v) is 4.50. The van der Waals surface area contributed by atoms with Gasteiger partial charge in [-0.1, -0.05) is 6.07 Å². The van der Waals surface area contributed by atoms with Crippen molar-refractivity contribution in [3.8, 4) is 0 Å². The molecule has 1 N–H and O–H groups in total. The summed E-state index contributed by atoms with van der Waals surface area (Å²) >= 11 is 0. The van der Waals surface area contributed by atoms with Gasteiger partial charge < -0.3 is 14.6 Å². The Labute approximate surface area is 153 Å². The summed E-state index contributed by atoms with van der Waals surface area (Å²) in [6.07, 6.45) is 3.78. The molecule has 5 heteroatoms. The molecule has 0 unspecified atom stereocenters. The van der Waals surface area contributed by atoms with Crippen molar-refractivity contribution in [2.75, 3.05) is 27.2 Å². The predicted octanol–water partition coefficient (Wildman–Crippen LogP) is 3.81. The van der Waals surface area contributed by atoms with Crippen molar-refractivity contribution in [2.45, 2.75) is 13.3 Å². The lowest BCUT2D eigenvalue weighted by atomic mass is 10.0. The third-order valence-electron chi connectivity index (χ3n) is 4.50. The molecule has 1 heterocycles. The maximum Gasteiger partial charge on any atom is 0.224 e. The SMILES string of the molecule is CC1=C(CC(=O)NCCN(C)C)c2cc(F)ccc2/C1=C\c1ccco1. The molecule has 0 atom stereocenters. The van der Waals surface area contributed by atoms with Gasteiger partial charge in [-0.15, -0.1) is 0 Å². The first-order chi connectivity index (χ1) is 12.5. The van der Waals surface area contributed by atoms with Crippen molar-refractivity contribution in [3.63, 3.8) is 0 Å². The van der Waals surface area contributed by atoms with Gasteiger partial charge in [-0.25, -0.2) is 4.39 Å². The first kappa shape index (κ1) is 18.1. The zero-order valence-electron chi connectivity index (χ0n) is 15.3. The van der Waals surface area contributed by atoms with Crippen molar-refractivity contribution < 1.29 is 13.6 Å². The Balaban J connectivity index is 1.89. The lowest BCUT2D eigenvalue weighted by molar-refractivity contribution is -0.120. The zero-order chi connectivity index (χ0) is 18.7. The standard InChI is InChI=1S/C21H23FN2O2/c1-14-18(12-16-5-4-10-26-16)17-7-6-15(22)11-20(17)19(14)13-21(25)23-8-9-24(2)3/h4-7,10-12H,8-9,13H2,1-3H3,(H,23,25)/b18-12-. The van der Waals surface area contributed by atoms with Crippen LogP contribution in [0.1, 0.15) is 30.2 Å². The molecule has 1 aliphatic carbocycles. The van der Waals surface area contributed by atoms with Gasteiger partial charge in [0.15, 0.2) is 0 Å². The molecule has 0 spiro atoms. The van der Waals surface area contributed by atoms with Gasteiger partial charge in [-0.3, -0.25) is 4.79 Å². The topological polar surface area (TPSA) is 45.5 Å². The molecule has 4 nitrogen and oxygen atoms in total. The fourth-order valence-corrected chi connectivity index (χ4v) is 3.14. The van der Waals surface area contributed by atoms with Crippen molar-refractivity contribution in [1.82, 2.24) is 10.2 Å². The van der Waals surface area contributed by atoms with E-state index in [0.29, 0.717) is 6.54 Å². The van der Waals surface area contributed by atoms with E-state index in [0.717, 1.165) is 40.2 Å². The molecule has 1 aliphatic rings. The van der Waals surface area contributed by atoms with Crippen molar-refractivity contribution in [1.29, 1.82) is 0 Å². The van der Waals surface area contributed by atoms with E-state index in [4.69, 9.17) is 4.42 Å².